The van der Waals surface area contributed by atoms with E-state index in [2.05, 4.69) is 10.5 Å². The minimum absolute atomic E-state index is 0.126. The average molecular weight is 496 g/mol. The zero-order valence-corrected chi connectivity index (χ0v) is 21.2. The summed E-state index contributed by atoms with van der Waals surface area (Å²) in [6.45, 7) is 3.37. The molecule has 34 heavy (non-hydrogen) atoms. The summed E-state index contributed by atoms with van der Waals surface area (Å²) in [6, 6.07) is 23.7. The van der Waals surface area contributed by atoms with Crippen LogP contribution in [-0.2, 0) is 21.2 Å². The van der Waals surface area contributed by atoms with E-state index in [0.717, 1.165) is 26.9 Å². The third kappa shape index (κ3) is 6.95. The molecule has 0 aromatic heterocycles. The van der Waals surface area contributed by atoms with Crippen molar-refractivity contribution in [3.05, 3.63) is 90.0 Å². The van der Waals surface area contributed by atoms with Crippen molar-refractivity contribution in [3.63, 3.8) is 0 Å². The molecule has 1 N–H and O–H groups in total. The van der Waals surface area contributed by atoms with Gasteiger partial charge in [-0.25, -0.2) is 13.8 Å². The first-order valence-corrected chi connectivity index (χ1v) is 13.6. The number of thioether (sulfide) groups is 1. The van der Waals surface area contributed by atoms with Gasteiger partial charge in [-0.3, -0.25) is 9.10 Å². The van der Waals surface area contributed by atoms with Gasteiger partial charge in [-0.2, -0.15) is 5.10 Å². The highest BCUT2D eigenvalue weighted by Crippen LogP contribution is 2.25. The van der Waals surface area contributed by atoms with Crippen molar-refractivity contribution in [1.82, 2.24) is 5.43 Å². The lowest BCUT2D eigenvalue weighted by Crippen LogP contribution is -2.39. The second-order valence-electron chi connectivity index (χ2n) is 7.89. The van der Waals surface area contributed by atoms with Crippen molar-refractivity contribution in [1.29, 1.82) is 0 Å². The summed E-state index contributed by atoms with van der Waals surface area (Å²) in [7, 11) is -3.96. The molecule has 178 valence electrons. The molecule has 0 aliphatic heterocycles. The van der Waals surface area contributed by atoms with Crippen LogP contribution in [0.25, 0.3) is 0 Å². The monoisotopic (exact) mass is 495 g/mol. The molecule has 0 spiro atoms. The Hall–Kier alpha value is -3.10. The van der Waals surface area contributed by atoms with Crippen LogP contribution in [0.15, 0.2) is 93.8 Å². The number of hydrogen-bond acceptors (Lipinski definition) is 5. The first kappa shape index (κ1) is 25.5. The third-order valence-electron chi connectivity index (χ3n) is 5.25. The van der Waals surface area contributed by atoms with E-state index in [1.165, 1.54) is 17.3 Å². The van der Waals surface area contributed by atoms with Gasteiger partial charge in [0.2, 0.25) is 0 Å². The molecule has 3 rings (SSSR count). The van der Waals surface area contributed by atoms with Crippen LogP contribution in [0.4, 0.5) is 5.69 Å². The molecule has 0 saturated heterocycles. The Balaban J connectivity index is 1.75. The molecule has 0 atom stereocenters. The molecular formula is C26H29N3O3S2. The Bertz CT molecular complexity index is 1220. The number of rotatable bonds is 10. The molecule has 0 aliphatic rings. The van der Waals surface area contributed by atoms with Gasteiger partial charge in [0.25, 0.3) is 15.9 Å². The van der Waals surface area contributed by atoms with E-state index in [0.29, 0.717) is 12.1 Å². The Kier molecular flexibility index (Phi) is 8.90. The summed E-state index contributed by atoms with van der Waals surface area (Å²) in [6.07, 6.45) is 3.42. The highest BCUT2D eigenvalue weighted by atomic mass is 32.2. The van der Waals surface area contributed by atoms with E-state index in [1.807, 2.05) is 62.6 Å². The van der Waals surface area contributed by atoms with Crippen LogP contribution in [-0.4, -0.2) is 32.8 Å². The molecule has 8 heteroatoms. The maximum absolute atomic E-state index is 13.5. The minimum atomic E-state index is -3.96. The normalized spacial score (nSPS) is 11.8. The first-order valence-electron chi connectivity index (χ1n) is 10.9. The Labute approximate surface area is 206 Å². The molecule has 0 bridgehead atoms. The lowest BCUT2D eigenvalue weighted by Gasteiger charge is -2.24. The highest BCUT2D eigenvalue weighted by Gasteiger charge is 2.27. The number of nitrogens with one attached hydrogen (secondary N) is 1. The zero-order valence-electron chi connectivity index (χ0n) is 19.6. The molecule has 0 radical (unpaired) electrons. The van der Waals surface area contributed by atoms with Crippen LogP contribution in [0, 0.1) is 6.92 Å². The predicted octanol–water partition coefficient (Wildman–Crippen LogP) is 5.04. The largest absolute Gasteiger partial charge is 0.271 e. The molecule has 0 heterocycles. The molecule has 0 saturated carbocycles. The Morgan fingerprint density at radius 2 is 1.62 bits per heavy atom. The van der Waals surface area contributed by atoms with Crippen molar-refractivity contribution in [3.8, 4) is 0 Å². The molecule has 1 amide bonds. The van der Waals surface area contributed by atoms with Gasteiger partial charge < -0.3 is 0 Å². The third-order valence-corrected chi connectivity index (χ3v) is 7.78. The van der Waals surface area contributed by atoms with Crippen LogP contribution in [0.3, 0.4) is 0 Å². The predicted molar refractivity (Wildman–Crippen MR) is 140 cm³/mol. The van der Waals surface area contributed by atoms with Crippen molar-refractivity contribution in [2.45, 2.75) is 36.5 Å². The summed E-state index contributed by atoms with van der Waals surface area (Å²) in [5.74, 6) is -0.510. The maximum atomic E-state index is 13.5. The Morgan fingerprint density at radius 1 is 0.971 bits per heavy atom. The van der Waals surface area contributed by atoms with E-state index < -0.39 is 15.9 Å². The van der Waals surface area contributed by atoms with E-state index in [9.17, 15) is 13.2 Å². The van der Waals surface area contributed by atoms with Gasteiger partial charge in [-0.1, -0.05) is 48.0 Å². The zero-order chi connectivity index (χ0) is 24.6. The van der Waals surface area contributed by atoms with E-state index in [-0.39, 0.29) is 11.4 Å². The molecule has 0 aliphatic carbocycles. The van der Waals surface area contributed by atoms with Crippen molar-refractivity contribution >= 4 is 39.1 Å². The van der Waals surface area contributed by atoms with Crippen molar-refractivity contribution < 1.29 is 13.2 Å². The molecule has 6 nitrogen and oxygen atoms in total. The van der Waals surface area contributed by atoms with Crippen LogP contribution in [0.2, 0.25) is 0 Å². The van der Waals surface area contributed by atoms with Gasteiger partial charge in [0, 0.05) is 10.6 Å². The summed E-state index contributed by atoms with van der Waals surface area (Å²) in [4.78, 5) is 13.8. The fourth-order valence-electron chi connectivity index (χ4n) is 3.25. The van der Waals surface area contributed by atoms with Gasteiger partial charge in [-0.15, -0.1) is 11.8 Å². The van der Waals surface area contributed by atoms with Crippen molar-refractivity contribution in [2.24, 2.45) is 5.10 Å². The number of nitrogens with zero attached hydrogens (tertiary/aromatic N) is 2. The lowest BCUT2D eigenvalue weighted by molar-refractivity contribution is -0.119. The van der Waals surface area contributed by atoms with Gasteiger partial charge >= 0.3 is 0 Å². The van der Waals surface area contributed by atoms with E-state index in [1.54, 1.807) is 36.4 Å². The van der Waals surface area contributed by atoms with Crippen LogP contribution < -0.4 is 9.73 Å². The summed E-state index contributed by atoms with van der Waals surface area (Å²) >= 11 is 1.53. The number of hydrogen-bond donors (Lipinski definition) is 1. The number of hydrazone groups is 1. The van der Waals surface area contributed by atoms with Crippen LogP contribution in [0.5, 0.6) is 0 Å². The smallest absolute Gasteiger partial charge is 0.264 e. The fraction of sp³-hybridized carbons (Fsp3) is 0.231. The van der Waals surface area contributed by atoms with E-state index in [4.69, 9.17) is 0 Å². The van der Waals surface area contributed by atoms with Crippen molar-refractivity contribution in [2.75, 3.05) is 17.1 Å². The first-order chi connectivity index (χ1) is 16.3. The second kappa shape index (κ2) is 11.9. The Morgan fingerprint density at radius 3 is 2.24 bits per heavy atom. The van der Waals surface area contributed by atoms with Gasteiger partial charge in [0.15, 0.2) is 0 Å². The average Bonchev–Trinajstić information content (AvgIpc) is 2.86. The minimum Gasteiger partial charge on any atom is -0.271 e. The summed E-state index contributed by atoms with van der Waals surface area (Å²) < 4.78 is 28.0. The number of anilines is 1. The molecule has 3 aromatic carbocycles. The van der Waals surface area contributed by atoms with Gasteiger partial charge in [-0.05, 0) is 74.9 Å². The van der Waals surface area contributed by atoms with Crippen LogP contribution >= 0.6 is 11.8 Å². The number of carbonyl (C=O) groups is 1. The molecule has 0 fully saturated rings. The summed E-state index contributed by atoms with van der Waals surface area (Å²) in [5.41, 5.74) is 5.87. The number of carbonyl (C=O) groups excluding carboxylic acids is 1. The van der Waals surface area contributed by atoms with Crippen LogP contribution in [0.1, 0.15) is 24.5 Å². The number of amides is 1. The molecule has 3 aromatic rings. The standard InChI is InChI=1S/C26H29N3O3S2/c1-20-9-13-23(14-10-20)29(34(31,32)25-17-15-24(33-3)16-18-25)19-26(30)28-27-21(2)11-12-22-7-5-4-6-8-22/h4-10,13-18H,11-12,19H2,1-3H3,(H,28,30)/b27-21-. The second-order valence-corrected chi connectivity index (χ2v) is 10.6. The topological polar surface area (TPSA) is 78.8 Å². The van der Waals surface area contributed by atoms with Gasteiger partial charge in [0.05, 0.1) is 10.6 Å². The quantitative estimate of drug-likeness (QED) is 0.243. The number of sulfonamides is 1. The molecular weight excluding hydrogens is 466 g/mol. The SMILES string of the molecule is CSc1ccc(S(=O)(=O)N(CC(=O)N/N=C(/C)CCc2ccccc2)c2ccc(C)cc2)cc1. The highest BCUT2D eigenvalue weighted by molar-refractivity contribution is 7.98. The lowest BCUT2D eigenvalue weighted by atomic mass is 10.1. The number of aryl methyl sites for hydroxylation is 2. The van der Waals surface area contributed by atoms with E-state index >= 15 is 0 Å². The molecule has 0 unspecified atom stereocenters. The summed E-state index contributed by atoms with van der Waals surface area (Å²) in [5, 5.41) is 4.17. The maximum Gasteiger partial charge on any atom is 0.264 e. The van der Waals surface area contributed by atoms with Gasteiger partial charge in [0.1, 0.15) is 6.54 Å². The number of benzene rings is 3. The fourth-order valence-corrected chi connectivity index (χ4v) is 5.08.